The zero-order chi connectivity index (χ0) is 23.7. The summed E-state index contributed by atoms with van der Waals surface area (Å²) in [5, 5.41) is 0. The van der Waals surface area contributed by atoms with Crippen molar-refractivity contribution in [2.24, 2.45) is 0 Å². The average molecular weight is 441 g/mol. The molecule has 0 N–H and O–H groups in total. The lowest BCUT2D eigenvalue weighted by Gasteiger charge is -2.20. The SMILES string of the molecule is Cc1ccccc1-c1ccc(C2=CC(c3ccc(-c4ccccc4C)c(C)c3)CC=C2)cc1C. The van der Waals surface area contributed by atoms with Crippen LogP contribution in [0.3, 0.4) is 0 Å². The lowest BCUT2D eigenvalue weighted by atomic mass is 9.84. The van der Waals surface area contributed by atoms with Gasteiger partial charge < -0.3 is 0 Å². The second-order valence-electron chi connectivity index (χ2n) is 9.60. The highest BCUT2D eigenvalue weighted by Gasteiger charge is 2.16. The van der Waals surface area contributed by atoms with Crippen molar-refractivity contribution < 1.29 is 0 Å². The van der Waals surface area contributed by atoms with Gasteiger partial charge in [-0.3, -0.25) is 0 Å². The fourth-order valence-electron chi connectivity index (χ4n) is 5.22. The van der Waals surface area contributed by atoms with E-state index in [9.17, 15) is 0 Å². The topological polar surface area (TPSA) is 0 Å². The molecule has 0 amide bonds. The van der Waals surface area contributed by atoms with Gasteiger partial charge in [0, 0.05) is 5.92 Å². The molecule has 4 aromatic carbocycles. The Morgan fingerprint density at radius 3 is 1.71 bits per heavy atom. The summed E-state index contributed by atoms with van der Waals surface area (Å²) in [6.07, 6.45) is 8.11. The molecule has 0 fully saturated rings. The first-order chi connectivity index (χ1) is 16.5. The van der Waals surface area contributed by atoms with Gasteiger partial charge in [-0.2, -0.15) is 0 Å². The summed E-state index contributed by atoms with van der Waals surface area (Å²) >= 11 is 0. The van der Waals surface area contributed by atoms with Crippen molar-refractivity contribution in [1.82, 2.24) is 0 Å². The molecule has 0 bridgehead atoms. The Balaban J connectivity index is 1.45. The van der Waals surface area contributed by atoms with Gasteiger partial charge in [0.05, 0.1) is 0 Å². The summed E-state index contributed by atoms with van der Waals surface area (Å²) in [7, 11) is 0. The Morgan fingerprint density at radius 1 is 0.559 bits per heavy atom. The second-order valence-corrected chi connectivity index (χ2v) is 9.60. The van der Waals surface area contributed by atoms with E-state index < -0.39 is 0 Å². The van der Waals surface area contributed by atoms with Crippen LogP contribution in [0.5, 0.6) is 0 Å². The van der Waals surface area contributed by atoms with Crippen molar-refractivity contribution in [3.05, 3.63) is 137 Å². The molecule has 0 heterocycles. The molecule has 0 nitrogen and oxygen atoms in total. The number of allylic oxidation sites excluding steroid dienone is 4. The molecule has 0 saturated carbocycles. The minimum atomic E-state index is 0.404. The Bertz CT molecular complexity index is 1410. The molecule has 0 aliphatic heterocycles. The molecule has 1 unspecified atom stereocenters. The predicted molar refractivity (Wildman–Crippen MR) is 147 cm³/mol. The van der Waals surface area contributed by atoms with Crippen LogP contribution in [-0.4, -0.2) is 0 Å². The molecule has 34 heavy (non-hydrogen) atoms. The first-order valence-corrected chi connectivity index (χ1v) is 12.2. The van der Waals surface area contributed by atoms with Gasteiger partial charge in [-0.25, -0.2) is 0 Å². The van der Waals surface area contributed by atoms with Gasteiger partial charge in [0.15, 0.2) is 0 Å². The minimum Gasteiger partial charge on any atom is -0.0830 e. The van der Waals surface area contributed by atoms with Gasteiger partial charge in [0.2, 0.25) is 0 Å². The fourth-order valence-corrected chi connectivity index (χ4v) is 5.22. The highest BCUT2D eigenvalue weighted by Crippen LogP contribution is 2.36. The van der Waals surface area contributed by atoms with Gasteiger partial charge in [0.1, 0.15) is 0 Å². The molecule has 1 aliphatic carbocycles. The lowest BCUT2D eigenvalue weighted by Crippen LogP contribution is -2.01. The molecule has 168 valence electrons. The highest BCUT2D eigenvalue weighted by atomic mass is 14.2. The number of aryl methyl sites for hydroxylation is 4. The van der Waals surface area contributed by atoms with Crippen LogP contribution in [0.15, 0.2) is 103 Å². The minimum absolute atomic E-state index is 0.404. The molecule has 5 rings (SSSR count). The van der Waals surface area contributed by atoms with E-state index in [1.165, 1.54) is 61.2 Å². The first kappa shape index (κ1) is 22.2. The molecule has 4 aromatic rings. The standard InChI is InChI=1S/C34H32/c1-23-10-5-7-14-31(23)33-18-16-29(20-25(33)3)27-12-9-13-28(22-27)30-17-19-34(26(4)21-30)32-15-8-6-11-24(32)2/h5-12,14-22,28H,13H2,1-4H3. The Hall–Kier alpha value is -3.64. The van der Waals surface area contributed by atoms with Crippen molar-refractivity contribution in [2.45, 2.75) is 40.0 Å². The third kappa shape index (κ3) is 4.29. The van der Waals surface area contributed by atoms with Crippen molar-refractivity contribution in [1.29, 1.82) is 0 Å². The first-order valence-electron chi connectivity index (χ1n) is 12.2. The lowest BCUT2D eigenvalue weighted by molar-refractivity contribution is 0.856. The van der Waals surface area contributed by atoms with Gasteiger partial charge in [-0.05, 0) is 95.3 Å². The molecule has 0 saturated heterocycles. The van der Waals surface area contributed by atoms with E-state index in [2.05, 4.69) is 131 Å². The summed E-state index contributed by atoms with van der Waals surface area (Å²) in [6, 6.07) is 31.2. The predicted octanol–water partition coefficient (Wildman–Crippen LogP) is 9.38. The van der Waals surface area contributed by atoms with Crippen molar-refractivity contribution in [2.75, 3.05) is 0 Å². The van der Waals surface area contributed by atoms with Crippen LogP contribution in [0.25, 0.3) is 27.8 Å². The van der Waals surface area contributed by atoms with E-state index in [0.29, 0.717) is 5.92 Å². The Kier molecular flexibility index (Phi) is 6.07. The smallest absolute Gasteiger partial charge is 0.00618 e. The highest BCUT2D eigenvalue weighted by molar-refractivity contribution is 5.80. The summed E-state index contributed by atoms with van der Waals surface area (Å²) in [4.78, 5) is 0. The molecule has 0 heteroatoms. The monoisotopic (exact) mass is 440 g/mol. The van der Waals surface area contributed by atoms with Crippen LogP contribution in [0, 0.1) is 27.7 Å². The van der Waals surface area contributed by atoms with Crippen LogP contribution in [0.4, 0.5) is 0 Å². The quantitative estimate of drug-likeness (QED) is 0.296. The zero-order valence-corrected chi connectivity index (χ0v) is 20.6. The molecular formula is C34H32. The van der Waals surface area contributed by atoms with Crippen molar-refractivity contribution in [3.63, 3.8) is 0 Å². The summed E-state index contributed by atoms with van der Waals surface area (Å²) < 4.78 is 0. The zero-order valence-electron chi connectivity index (χ0n) is 20.6. The molecule has 0 spiro atoms. The van der Waals surface area contributed by atoms with Crippen LogP contribution < -0.4 is 0 Å². The Morgan fingerprint density at radius 2 is 1.12 bits per heavy atom. The number of rotatable bonds is 4. The van der Waals surface area contributed by atoms with Gasteiger partial charge in [-0.1, -0.05) is 103 Å². The summed E-state index contributed by atoms with van der Waals surface area (Å²) in [5.41, 5.74) is 14.6. The van der Waals surface area contributed by atoms with Gasteiger partial charge in [-0.15, -0.1) is 0 Å². The molecule has 1 atom stereocenters. The molecule has 1 aliphatic rings. The Labute approximate surface area is 204 Å². The van der Waals surface area contributed by atoms with E-state index in [-0.39, 0.29) is 0 Å². The second kappa shape index (κ2) is 9.31. The fraction of sp³-hybridized carbons (Fsp3) is 0.176. The van der Waals surface area contributed by atoms with Crippen LogP contribution >= 0.6 is 0 Å². The maximum atomic E-state index is 2.45. The van der Waals surface area contributed by atoms with Crippen molar-refractivity contribution in [3.8, 4) is 22.3 Å². The number of hydrogen-bond donors (Lipinski definition) is 0. The van der Waals surface area contributed by atoms with E-state index in [0.717, 1.165) is 6.42 Å². The third-order valence-corrected chi connectivity index (χ3v) is 7.18. The largest absolute Gasteiger partial charge is 0.0830 e. The van der Waals surface area contributed by atoms with Crippen LogP contribution in [0.2, 0.25) is 0 Å². The van der Waals surface area contributed by atoms with E-state index in [1.54, 1.807) is 0 Å². The van der Waals surface area contributed by atoms with Gasteiger partial charge in [0.25, 0.3) is 0 Å². The molecule has 0 radical (unpaired) electrons. The maximum Gasteiger partial charge on any atom is 0.00618 e. The third-order valence-electron chi connectivity index (χ3n) is 7.18. The van der Waals surface area contributed by atoms with E-state index in [4.69, 9.17) is 0 Å². The molecule has 0 aromatic heterocycles. The summed E-state index contributed by atoms with van der Waals surface area (Å²) in [6.45, 7) is 8.84. The average Bonchev–Trinajstić information content (AvgIpc) is 2.85. The summed E-state index contributed by atoms with van der Waals surface area (Å²) in [5.74, 6) is 0.404. The maximum absolute atomic E-state index is 2.45. The molecular weight excluding hydrogens is 408 g/mol. The van der Waals surface area contributed by atoms with E-state index in [1.807, 2.05) is 0 Å². The van der Waals surface area contributed by atoms with Gasteiger partial charge >= 0.3 is 0 Å². The van der Waals surface area contributed by atoms with Crippen LogP contribution in [0.1, 0.15) is 45.7 Å². The normalized spacial score (nSPS) is 15.3. The van der Waals surface area contributed by atoms with E-state index >= 15 is 0 Å². The number of hydrogen-bond acceptors (Lipinski definition) is 0. The number of benzene rings is 4. The van der Waals surface area contributed by atoms with Crippen LogP contribution in [-0.2, 0) is 0 Å². The van der Waals surface area contributed by atoms with Crippen molar-refractivity contribution >= 4 is 5.57 Å².